The normalized spacial score (nSPS) is 16.5. The lowest BCUT2D eigenvalue weighted by Gasteiger charge is -2.23. The monoisotopic (exact) mass is 335 g/mol. The van der Waals surface area contributed by atoms with Crippen LogP contribution in [-0.4, -0.2) is 51.2 Å². The van der Waals surface area contributed by atoms with Gasteiger partial charge >= 0.3 is 0 Å². The fourth-order valence-corrected chi connectivity index (χ4v) is 2.49. The van der Waals surface area contributed by atoms with Crippen LogP contribution in [0.2, 0.25) is 0 Å². The van der Waals surface area contributed by atoms with Crippen LogP contribution in [0, 0.1) is 5.92 Å². The molecule has 1 fully saturated rings. The van der Waals surface area contributed by atoms with Crippen molar-refractivity contribution < 1.29 is 14.3 Å². The summed E-state index contributed by atoms with van der Waals surface area (Å²) in [7, 11) is 1.65. The minimum absolute atomic E-state index is 0. The molecular weight excluding hydrogens is 306 g/mol. The molecule has 1 rings (SSSR count). The van der Waals surface area contributed by atoms with Gasteiger partial charge in [-0.15, -0.1) is 12.4 Å². The smallest absolute Gasteiger partial charge is 0.242 e. The fourth-order valence-electron chi connectivity index (χ4n) is 2.49. The van der Waals surface area contributed by atoms with Crippen molar-refractivity contribution in [2.45, 2.75) is 45.1 Å². The van der Waals surface area contributed by atoms with Gasteiger partial charge in [0.05, 0.1) is 6.61 Å². The lowest BCUT2D eigenvalue weighted by Crippen LogP contribution is -2.48. The summed E-state index contributed by atoms with van der Waals surface area (Å²) < 4.78 is 4.91. The molecule has 0 aliphatic heterocycles. The number of halogens is 1. The topological polar surface area (TPSA) is 79.5 Å². The zero-order valence-electron chi connectivity index (χ0n) is 13.7. The molecule has 0 aromatic rings. The quantitative estimate of drug-likeness (QED) is 0.546. The van der Waals surface area contributed by atoms with Gasteiger partial charge in [0, 0.05) is 32.7 Å². The summed E-state index contributed by atoms with van der Waals surface area (Å²) in [5.74, 6) is -0.0204. The summed E-state index contributed by atoms with van der Waals surface area (Å²) in [5.41, 5.74) is 0. The van der Waals surface area contributed by atoms with E-state index in [1.165, 1.54) is 6.42 Å². The molecule has 0 aromatic carbocycles. The third-order valence-electron chi connectivity index (χ3n) is 3.81. The Balaban J connectivity index is 0.00000441. The van der Waals surface area contributed by atoms with Gasteiger partial charge in [0.25, 0.3) is 0 Å². The molecule has 1 atom stereocenters. The van der Waals surface area contributed by atoms with E-state index in [0.717, 1.165) is 32.2 Å². The Bertz CT molecular complexity index is 323. The maximum atomic E-state index is 12.0. The maximum Gasteiger partial charge on any atom is 0.242 e. The van der Waals surface area contributed by atoms with Crippen molar-refractivity contribution in [3.8, 4) is 0 Å². The second-order valence-electron chi connectivity index (χ2n) is 5.60. The number of hydrogen-bond acceptors (Lipinski definition) is 4. The third-order valence-corrected chi connectivity index (χ3v) is 3.81. The molecule has 0 heterocycles. The number of methoxy groups -OCH3 is 1. The second kappa shape index (κ2) is 12.7. The van der Waals surface area contributed by atoms with Crippen molar-refractivity contribution in [2.75, 3.05) is 33.4 Å². The first-order chi connectivity index (χ1) is 10.1. The van der Waals surface area contributed by atoms with E-state index >= 15 is 0 Å². The van der Waals surface area contributed by atoms with Crippen molar-refractivity contribution in [3.63, 3.8) is 0 Å². The summed E-state index contributed by atoms with van der Waals surface area (Å²) in [6.07, 6.45) is 5.35. The maximum absolute atomic E-state index is 12.0. The highest BCUT2D eigenvalue weighted by atomic mass is 35.5. The van der Waals surface area contributed by atoms with Crippen LogP contribution in [-0.2, 0) is 14.3 Å². The van der Waals surface area contributed by atoms with E-state index in [-0.39, 0.29) is 30.1 Å². The standard InChI is InChI=1S/C15H29N3O3.ClH/c1-12(14(19)17-9-8-16-10-11-21-2)18-15(20)13-6-4-3-5-7-13;/h12-13,16H,3-11H2,1-2H3,(H,17,19)(H,18,20);1H/t12-;/m0./s1. The first-order valence-corrected chi connectivity index (χ1v) is 7.93. The SMILES string of the molecule is COCCNCCNC(=O)[C@H](C)NC(=O)C1CCCCC1.Cl. The van der Waals surface area contributed by atoms with Crippen LogP contribution in [0.15, 0.2) is 0 Å². The minimum Gasteiger partial charge on any atom is -0.383 e. The second-order valence-corrected chi connectivity index (χ2v) is 5.60. The summed E-state index contributed by atoms with van der Waals surface area (Å²) >= 11 is 0. The Morgan fingerprint density at radius 1 is 1.14 bits per heavy atom. The predicted molar refractivity (Wildman–Crippen MR) is 89.2 cm³/mol. The van der Waals surface area contributed by atoms with Crippen LogP contribution < -0.4 is 16.0 Å². The number of amides is 2. The van der Waals surface area contributed by atoms with Gasteiger partial charge in [0.2, 0.25) is 11.8 Å². The number of nitrogens with one attached hydrogen (secondary N) is 3. The Morgan fingerprint density at radius 2 is 1.82 bits per heavy atom. The first kappa shape index (κ1) is 21.1. The predicted octanol–water partition coefficient (Wildman–Crippen LogP) is 0.845. The molecule has 7 heteroatoms. The molecule has 0 aromatic heterocycles. The Kier molecular flexibility index (Phi) is 12.2. The highest BCUT2D eigenvalue weighted by molar-refractivity contribution is 5.88. The number of ether oxygens (including phenoxy) is 1. The summed E-state index contributed by atoms with van der Waals surface area (Å²) in [5, 5.41) is 8.78. The van der Waals surface area contributed by atoms with Crippen LogP contribution in [0.25, 0.3) is 0 Å². The van der Waals surface area contributed by atoms with Gasteiger partial charge in [0.1, 0.15) is 6.04 Å². The average molecular weight is 336 g/mol. The number of rotatable bonds is 9. The largest absolute Gasteiger partial charge is 0.383 e. The van der Waals surface area contributed by atoms with Gasteiger partial charge in [-0.25, -0.2) is 0 Å². The fraction of sp³-hybridized carbons (Fsp3) is 0.867. The molecule has 0 bridgehead atoms. The Labute approximate surface area is 139 Å². The summed E-state index contributed by atoms with van der Waals surface area (Å²) in [6, 6.07) is -0.474. The van der Waals surface area contributed by atoms with E-state index < -0.39 is 6.04 Å². The van der Waals surface area contributed by atoms with Gasteiger partial charge in [0.15, 0.2) is 0 Å². The molecule has 2 amide bonds. The summed E-state index contributed by atoms with van der Waals surface area (Å²) in [6.45, 7) is 4.39. The molecule has 130 valence electrons. The lowest BCUT2D eigenvalue weighted by molar-refractivity contribution is -0.131. The number of hydrogen-bond donors (Lipinski definition) is 3. The van der Waals surface area contributed by atoms with Gasteiger partial charge in [-0.05, 0) is 19.8 Å². The highest BCUT2D eigenvalue weighted by Crippen LogP contribution is 2.23. The molecule has 0 spiro atoms. The molecule has 1 aliphatic rings. The van der Waals surface area contributed by atoms with Crippen LogP contribution in [0.4, 0.5) is 0 Å². The van der Waals surface area contributed by atoms with E-state index in [1.807, 2.05) is 0 Å². The van der Waals surface area contributed by atoms with Crippen molar-refractivity contribution in [3.05, 3.63) is 0 Å². The van der Waals surface area contributed by atoms with Crippen LogP contribution in [0.3, 0.4) is 0 Å². The molecule has 6 nitrogen and oxygen atoms in total. The van der Waals surface area contributed by atoms with Crippen molar-refractivity contribution in [1.82, 2.24) is 16.0 Å². The van der Waals surface area contributed by atoms with E-state index in [4.69, 9.17) is 4.74 Å². The van der Waals surface area contributed by atoms with E-state index in [1.54, 1.807) is 14.0 Å². The molecule has 3 N–H and O–H groups in total. The number of carbonyl (C=O) groups excluding carboxylic acids is 2. The first-order valence-electron chi connectivity index (χ1n) is 7.93. The van der Waals surface area contributed by atoms with Crippen molar-refractivity contribution in [2.24, 2.45) is 5.92 Å². The molecule has 0 radical (unpaired) electrons. The zero-order valence-corrected chi connectivity index (χ0v) is 14.5. The zero-order chi connectivity index (χ0) is 15.5. The average Bonchev–Trinajstić information content (AvgIpc) is 2.51. The van der Waals surface area contributed by atoms with Crippen LogP contribution in [0.5, 0.6) is 0 Å². The minimum atomic E-state index is -0.474. The van der Waals surface area contributed by atoms with Crippen LogP contribution in [0.1, 0.15) is 39.0 Å². The highest BCUT2D eigenvalue weighted by Gasteiger charge is 2.24. The molecule has 22 heavy (non-hydrogen) atoms. The molecule has 0 saturated heterocycles. The van der Waals surface area contributed by atoms with Gasteiger partial charge in [-0.1, -0.05) is 19.3 Å². The third kappa shape index (κ3) is 8.56. The Hall–Kier alpha value is -0.850. The molecule has 1 saturated carbocycles. The van der Waals surface area contributed by atoms with Crippen molar-refractivity contribution >= 4 is 24.2 Å². The molecule has 1 aliphatic carbocycles. The van der Waals surface area contributed by atoms with Crippen molar-refractivity contribution in [1.29, 1.82) is 0 Å². The van der Waals surface area contributed by atoms with E-state index in [0.29, 0.717) is 19.7 Å². The van der Waals surface area contributed by atoms with E-state index in [2.05, 4.69) is 16.0 Å². The number of carbonyl (C=O) groups is 2. The van der Waals surface area contributed by atoms with Gasteiger partial charge < -0.3 is 20.7 Å². The molecule has 0 unspecified atom stereocenters. The van der Waals surface area contributed by atoms with Gasteiger partial charge in [-0.3, -0.25) is 9.59 Å². The lowest BCUT2D eigenvalue weighted by atomic mass is 9.88. The molecular formula is C15H30ClN3O3. The summed E-state index contributed by atoms with van der Waals surface area (Å²) in [4.78, 5) is 23.9. The van der Waals surface area contributed by atoms with E-state index in [9.17, 15) is 9.59 Å². The van der Waals surface area contributed by atoms with Crippen LogP contribution >= 0.6 is 12.4 Å². The Morgan fingerprint density at radius 3 is 2.45 bits per heavy atom. The van der Waals surface area contributed by atoms with Gasteiger partial charge in [-0.2, -0.15) is 0 Å².